The second-order valence-electron chi connectivity index (χ2n) is 6.71. The van der Waals surface area contributed by atoms with Crippen molar-refractivity contribution in [1.82, 2.24) is 4.90 Å². The van der Waals surface area contributed by atoms with E-state index in [0.717, 1.165) is 31.1 Å². The summed E-state index contributed by atoms with van der Waals surface area (Å²) in [7, 11) is 0. The van der Waals surface area contributed by atoms with Crippen molar-refractivity contribution in [2.45, 2.75) is 33.1 Å². The summed E-state index contributed by atoms with van der Waals surface area (Å²) in [4.78, 5) is 2.30. The zero-order valence-corrected chi connectivity index (χ0v) is 16.7. The van der Waals surface area contributed by atoms with Crippen LogP contribution in [0.4, 0.5) is 0 Å². The molecule has 1 aromatic rings. The molecule has 1 aromatic carbocycles. The van der Waals surface area contributed by atoms with Gasteiger partial charge in [-0.1, -0.05) is 43.2 Å². The molecule has 1 aliphatic carbocycles. The summed E-state index contributed by atoms with van der Waals surface area (Å²) in [6.45, 7) is 15.3. The molecule has 0 fully saturated rings. The van der Waals surface area contributed by atoms with Crippen LogP contribution in [0.5, 0.6) is 0 Å². The molecule has 0 N–H and O–H groups in total. The van der Waals surface area contributed by atoms with Gasteiger partial charge in [0.1, 0.15) is 0 Å². The molecule has 0 unspecified atom stereocenters. The Bertz CT molecular complexity index is 501. The number of rotatable bonds is 5. The van der Waals surface area contributed by atoms with E-state index < -0.39 is 0 Å². The summed E-state index contributed by atoms with van der Waals surface area (Å²) in [5.41, 5.74) is 4.73. The number of halogens is 1. The van der Waals surface area contributed by atoms with Gasteiger partial charge < -0.3 is 18.7 Å². The molecule has 1 radical (unpaired) electrons. The summed E-state index contributed by atoms with van der Waals surface area (Å²) in [6.07, 6.45) is 3.55. The summed E-state index contributed by atoms with van der Waals surface area (Å²) < 4.78 is 0. The van der Waals surface area contributed by atoms with Gasteiger partial charge in [0.25, 0.3) is 0 Å². The third kappa shape index (κ3) is 5.25. The summed E-state index contributed by atoms with van der Waals surface area (Å²) in [5, 5.41) is 0.799. The van der Waals surface area contributed by atoms with Crippen molar-refractivity contribution in [2.75, 3.05) is 19.6 Å². The van der Waals surface area contributed by atoms with Crippen LogP contribution >= 0.6 is 11.6 Å². The number of hydrogen-bond acceptors (Lipinski definition) is 1. The Morgan fingerprint density at radius 3 is 2.27 bits per heavy atom. The molecular formula is C19H26ClNNb. The first-order chi connectivity index (χ1) is 9.95. The van der Waals surface area contributed by atoms with Crippen LogP contribution in [-0.2, 0) is 22.4 Å². The molecule has 119 valence electrons. The zero-order chi connectivity index (χ0) is 15.5. The van der Waals surface area contributed by atoms with Gasteiger partial charge in [0.05, 0.1) is 0 Å². The first kappa shape index (κ1) is 20.0. The van der Waals surface area contributed by atoms with Crippen LogP contribution in [0.3, 0.4) is 0 Å². The molecule has 0 atom stereocenters. The number of hydrogen-bond donors (Lipinski definition) is 0. The molecule has 0 amide bonds. The van der Waals surface area contributed by atoms with Gasteiger partial charge in [0, 0.05) is 11.6 Å². The van der Waals surface area contributed by atoms with E-state index in [2.05, 4.69) is 44.7 Å². The Morgan fingerprint density at radius 1 is 1.14 bits per heavy atom. The molecule has 0 bridgehead atoms. The molecule has 3 heteroatoms. The van der Waals surface area contributed by atoms with E-state index in [-0.39, 0.29) is 22.4 Å². The third-order valence-corrected chi connectivity index (χ3v) is 4.68. The van der Waals surface area contributed by atoms with E-state index in [9.17, 15) is 0 Å². The first-order valence-corrected chi connectivity index (χ1v) is 8.10. The minimum absolute atomic E-state index is 0. The smallest absolute Gasteiger partial charge is 0.359 e. The maximum absolute atomic E-state index is 6.03. The van der Waals surface area contributed by atoms with Gasteiger partial charge in [-0.2, -0.15) is 0 Å². The van der Waals surface area contributed by atoms with Gasteiger partial charge in [-0.15, -0.1) is 13.1 Å². The topological polar surface area (TPSA) is 3.24 Å². The Hall–Kier alpha value is -0.0497. The van der Waals surface area contributed by atoms with Crippen LogP contribution in [-0.4, -0.2) is 24.5 Å². The minimum atomic E-state index is 0. The molecule has 2 rings (SSSR count). The molecular weight excluding hydrogens is 371 g/mol. The zero-order valence-electron chi connectivity index (χ0n) is 13.7. The third-order valence-electron chi connectivity index (χ3n) is 4.43. The monoisotopic (exact) mass is 396 g/mol. The van der Waals surface area contributed by atoms with Crippen LogP contribution in [0.15, 0.2) is 29.8 Å². The fourth-order valence-electron chi connectivity index (χ4n) is 3.00. The number of benzene rings is 1. The predicted octanol–water partition coefficient (Wildman–Crippen LogP) is 5.27. The van der Waals surface area contributed by atoms with E-state index >= 15 is 0 Å². The second-order valence-corrected chi connectivity index (χ2v) is 7.14. The van der Waals surface area contributed by atoms with Crippen molar-refractivity contribution in [1.29, 1.82) is 0 Å². The fourth-order valence-corrected chi connectivity index (χ4v) is 3.13. The molecule has 0 spiro atoms. The molecule has 22 heavy (non-hydrogen) atoms. The van der Waals surface area contributed by atoms with Crippen LogP contribution in [0.1, 0.15) is 38.7 Å². The normalized spacial score (nSPS) is 17.5. The van der Waals surface area contributed by atoms with Crippen molar-refractivity contribution >= 4 is 17.2 Å². The summed E-state index contributed by atoms with van der Waals surface area (Å²) in [5.74, 6) is 0. The Kier molecular flexibility index (Phi) is 7.91. The van der Waals surface area contributed by atoms with E-state index in [0.29, 0.717) is 5.41 Å². The number of allylic oxidation sites excluding steroid dienone is 1. The molecule has 0 saturated carbocycles. The van der Waals surface area contributed by atoms with Crippen molar-refractivity contribution in [3.05, 3.63) is 54.3 Å². The van der Waals surface area contributed by atoms with E-state index in [1.807, 2.05) is 12.1 Å². The van der Waals surface area contributed by atoms with Gasteiger partial charge in [0.2, 0.25) is 0 Å². The van der Waals surface area contributed by atoms with Crippen LogP contribution < -0.4 is 0 Å². The van der Waals surface area contributed by atoms with Gasteiger partial charge in [-0.3, -0.25) is 0 Å². The Balaban J connectivity index is 0.00000242. The van der Waals surface area contributed by atoms with Crippen molar-refractivity contribution in [2.24, 2.45) is 5.41 Å². The Labute approximate surface area is 156 Å². The van der Waals surface area contributed by atoms with Crippen LogP contribution in [0.2, 0.25) is 5.02 Å². The SMILES string of the molecule is [CH2-]CN(C[CH2-])CC1=C(c2ccc(Cl)cc2)CC(C)(C)CC1.[Nb+2]. The maximum atomic E-state index is 6.03. The van der Waals surface area contributed by atoms with E-state index in [1.54, 1.807) is 5.57 Å². The average molecular weight is 397 g/mol. The molecule has 0 aliphatic heterocycles. The van der Waals surface area contributed by atoms with Gasteiger partial charge in [0.15, 0.2) is 0 Å². The molecule has 0 heterocycles. The van der Waals surface area contributed by atoms with Crippen LogP contribution in [0, 0.1) is 19.3 Å². The minimum Gasteiger partial charge on any atom is -0.359 e. The van der Waals surface area contributed by atoms with E-state index in [4.69, 9.17) is 11.6 Å². The molecule has 0 aromatic heterocycles. The fraction of sp³-hybridized carbons (Fsp3) is 0.474. The number of nitrogens with zero attached hydrogens (tertiary/aromatic N) is 1. The van der Waals surface area contributed by atoms with Gasteiger partial charge in [-0.05, 0) is 47.9 Å². The van der Waals surface area contributed by atoms with Gasteiger partial charge in [-0.25, -0.2) is 0 Å². The standard InChI is InChI=1S/C19H26ClN.Nb/c1-5-21(6-2)14-16-11-12-19(3,4)13-18(16)15-7-9-17(20)10-8-15;/h7-10H,1-2,5-6,11-14H2,3-4H3;/q-2;+2. The second kappa shape index (κ2) is 8.70. The van der Waals surface area contributed by atoms with Crippen molar-refractivity contribution < 1.29 is 22.4 Å². The van der Waals surface area contributed by atoms with Gasteiger partial charge >= 0.3 is 22.4 Å². The summed E-state index contributed by atoms with van der Waals surface area (Å²) in [6, 6.07) is 8.28. The quantitative estimate of drug-likeness (QED) is 0.484. The predicted molar refractivity (Wildman–Crippen MR) is 93.2 cm³/mol. The van der Waals surface area contributed by atoms with Crippen molar-refractivity contribution in [3.8, 4) is 0 Å². The van der Waals surface area contributed by atoms with Crippen molar-refractivity contribution in [3.63, 3.8) is 0 Å². The first-order valence-electron chi connectivity index (χ1n) is 7.73. The maximum Gasteiger partial charge on any atom is 2.00 e. The average Bonchev–Trinajstić information content (AvgIpc) is 2.46. The largest absolute Gasteiger partial charge is 2.00 e. The Morgan fingerprint density at radius 2 is 1.73 bits per heavy atom. The molecule has 1 aliphatic rings. The summed E-state index contributed by atoms with van der Waals surface area (Å²) >= 11 is 6.03. The van der Waals surface area contributed by atoms with E-state index in [1.165, 1.54) is 24.0 Å². The molecule has 1 nitrogen and oxygen atoms in total. The molecule has 0 saturated heterocycles. The van der Waals surface area contributed by atoms with Crippen LogP contribution in [0.25, 0.3) is 5.57 Å².